The van der Waals surface area contributed by atoms with E-state index in [1.807, 2.05) is 6.92 Å². The van der Waals surface area contributed by atoms with Crippen LogP contribution in [0.25, 0.3) is 0 Å². The summed E-state index contributed by atoms with van der Waals surface area (Å²) in [7, 11) is 0. The van der Waals surface area contributed by atoms with Gasteiger partial charge < -0.3 is 10.4 Å². The molecule has 0 bridgehead atoms. The molecule has 7 heteroatoms. The smallest absolute Gasteiger partial charge is 0.309 e. The molecule has 0 aliphatic rings. The number of unbranched alkanes of at least 4 members (excludes halogenated alkanes) is 1. The highest BCUT2D eigenvalue weighted by Gasteiger charge is 2.16. The third-order valence-electron chi connectivity index (χ3n) is 2.50. The maximum absolute atomic E-state index is 11.7. The lowest BCUT2D eigenvalue weighted by molar-refractivity contribution is -0.136. The van der Waals surface area contributed by atoms with Gasteiger partial charge in [-0.25, -0.2) is 4.68 Å². The van der Waals surface area contributed by atoms with Crippen molar-refractivity contribution < 1.29 is 14.7 Å². The molecule has 0 saturated carbocycles. The van der Waals surface area contributed by atoms with Crippen LogP contribution in [0.5, 0.6) is 0 Å². The summed E-state index contributed by atoms with van der Waals surface area (Å²) in [6.07, 6.45) is 3.24. The minimum Gasteiger partial charge on any atom is -0.481 e. The lowest BCUT2D eigenvalue weighted by Crippen LogP contribution is -2.31. The highest BCUT2D eigenvalue weighted by Crippen LogP contribution is 2.05. The van der Waals surface area contributed by atoms with Crippen molar-refractivity contribution in [1.82, 2.24) is 20.3 Å². The summed E-state index contributed by atoms with van der Waals surface area (Å²) in [6, 6.07) is -0.489. The van der Waals surface area contributed by atoms with Crippen molar-refractivity contribution in [2.75, 3.05) is 6.54 Å². The van der Waals surface area contributed by atoms with Gasteiger partial charge in [0.25, 0.3) is 0 Å². The maximum Gasteiger partial charge on any atom is 0.309 e. The molecule has 0 saturated heterocycles. The molecule has 1 aromatic heterocycles. The van der Waals surface area contributed by atoms with E-state index in [2.05, 4.69) is 15.6 Å². The van der Waals surface area contributed by atoms with Crippen molar-refractivity contribution in [3.05, 3.63) is 11.9 Å². The summed E-state index contributed by atoms with van der Waals surface area (Å²) in [4.78, 5) is 22.2. The van der Waals surface area contributed by atoms with Crippen LogP contribution < -0.4 is 5.32 Å². The van der Waals surface area contributed by atoms with E-state index in [-0.39, 0.29) is 12.3 Å². The molecule has 1 unspecified atom stereocenters. The quantitative estimate of drug-likeness (QED) is 0.686. The van der Waals surface area contributed by atoms with Crippen LogP contribution in [-0.4, -0.2) is 38.5 Å². The molecule has 0 radical (unpaired) electrons. The molecule has 1 amide bonds. The molecule has 0 fully saturated rings. The van der Waals surface area contributed by atoms with Crippen LogP contribution in [0.4, 0.5) is 0 Å². The van der Waals surface area contributed by atoms with Crippen LogP contribution >= 0.6 is 0 Å². The minimum atomic E-state index is -0.970. The summed E-state index contributed by atoms with van der Waals surface area (Å²) in [6.45, 7) is 4.38. The SMILES string of the molecule is CCCCNC(=O)C(C)n1cc(CC(=O)O)nn1. The Morgan fingerprint density at radius 1 is 1.56 bits per heavy atom. The van der Waals surface area contributed by atoms with Gasteiger partial charge in [-0.2, -0.15) is 0 Å². The summed E-state index contributed by atoms with van der Waals surface area (Å²) < 4.78 is 1.37. The molecule has 7 nitrogen and oxygen atoms in total. The van der Waals surface area contributed by atoms with Crippen LogP contribution in [-0.2, 0) is 16.0 Å². The third kappa shape index (κ3) is 4.15. The van der Waals surface area contributed by atoms with E-state index >= 15 is 0 Å². The number of rotatable bonds is 7. The predicted molar refractivity (Wildman–Crippen MR) is 64.0 cm³/mol. The Balaban J connectivity index is 2.55. The number of aromatic nitrogens is 3. The van der Waals surface area contributed by atoms with Gasteiger partial charge in [-0.1, -0.05) is 18.6 Å². The molecule has 0 aromatic carbocycles. The predicted octanol–water partition coefficient (Wildman–Crippen LogP) is 0.382. The first-order valence-electron chi connectivity index (χ1n) is 5.94. The molecule has 100 valence electrons. The summed E-state index contributed by atoms with van der Waals surface area (Å²) >= 11 is 0. The monoisotopic (exact) mass is 254 g/mol. The summed E-state index contributed by atoms with van der Waals surface area (Å²) in [5, 5.41) is 18.9. The highest BCUT2D eigenvalue weighted by molar-refractivity contribution is 5.79. The Bertz CT molecular complexity index is 416. The van der Waals surface area contributed by atoms with Gasteiger partial charge >= 0.3 is 5.97 Å². The minimum absolute atomic E-state index is 0.143. The fourth-order valence-electron chi connectivity index (χ4n) is 1.39. The van der Waals surface area contributed by atoms with Gasteiger partial charge in [0.1, 0.15) is 6.04 Å². The molecule has 1 aromatic rings. The van der Waals surface area contributed by atoms with Gasteiger partial charge in [0, 0.05) is 12.7 Å². The van der Waals surface area contributed by atoms with Crippen molar-refractivity contribution in [3.8, 4) is 0 Å². The largest absolute Gasteiger partial charge is 0.481 e. The van der Waals surface area contributed by atoms with Gasteiger partial charge in [-0.3, -0.25) is 9.59 Å². The van der Waals surface area contributed by atoms with Crippen LogP contribution in [0.15, 0.2) is 6.20 Å². The van der Waals surface area contributed by atoms with Crippen molar-refractivity contribution in [2.45, 2.75) is 39.2 Å². The normalized spacial score (nSPS) is 12.1. The number of carboxylic acids is 1. The number of aliphatic carboxylic acids is 1. The lowest BCUT2D eigenvalue weighted by Gasteiger charge is -2.11. The Labute approximate surface area is 105 Å². The van der Waals surface area contributed by atoms with E-state index in [4.69, 9.17) is 5.11 Å². The fourth-order valence-corrected chi connectivity index (χ4v) is 1.39. The standard InChI is InChI=1S/C11H18N4O3/c1-3-4-5-12-11(18)8(2)15-7-9(13-14-15)6-10(16)17/h7-8H,3-6H2,1-2H3,(H,12,18)(H,16,17). The molecular formula is C11H18N4O3. The molecule has 1 rings (SSSR count). The molecular weight excluding hydrogens is 236 g/mol. The van der Waals surface area contributed by atoms with Crippen LogP contribution in [0.2, 0.25) is 0 Å². The van der Waals surface area contributed by atoms with Gasteiger partial charge in [-0.05, 0) is 13.3 Å². The zero-order valence-electron chi connectivity index (χ0n) is 10.6. The molecule has 0 aliphatic heterocycles. The van der Waals surface area contributed by atoms with E-state index in [9.17, 15) is 9.59 Å². The number of nitrogens with zero attached hydrogens (tertiary/aromatic N) is 3. The third-order valence-corrected chi connectivity index (χ3v) is 2.50. The number of hydrogen-bond donors (Lipinski definition) is 2. The highest BCUT2D eigenvalue weighted by atomic mass is 16.4. The first kappa shape index (κ1) is 14.1. The van der Waals surface area contributed by atoms with E-state index < -0.39 is 12.0 Å². The first-order valence-corrected chi connectivity index (χ1v) is 5.94. The van der Waals surface area contributed by atoms with Crippen molar-refractivity contribution in [2.24, 2.45) is 0 Å². The van der Waals surface area contributed by atoms with Gasteiger partial charge in [0.2, 0.25) is 5.91 Å². The summed E-state index contributed by atoms with van der Waals surface area (Å²) in [5.74, 6) is -1.11. The molecule has 1 heterocycles. The second kappa shape index (κ2) is 6.73. The number of hydrogen-bond acceptors (Lipinski definition) is 4. The second-order valence-corrected chi connectivity index (χ2v) is 4.08. The van der Waals surface area contributed by atoms with Gasteiger partial charge in [-0.15, -0.1) is 5.10 Å². The Morgan fingerprint density at radius 2 is 2.28 bits per heavy atom. The topological polar surface area (TPSA) is 97.1 Å². The van der Waals surface area contributed by atoms with Gasteiger partial charge in [0.05, 0.1) is 12.1 Å². The molecule has 2 N–H and O–H groups in total. The van der Waals surface area contributed by atoms with Crippen LogP contribution in [0.1, 0.15) is 38.4 Å². The zero-order chi connectivity index (χ0) is 13.5. The fraction of sp³-hybridized carbons (Fsp3) is 0.636. The van der Waals surface area contributed by atoms with Crippen LogP contribution in [0.3, 0.4) is 0 Å². The van der Waals surface area contributed by atoms with Crippen molar-refractivity contribution >= 4 is 11.9 Å². The van der Waals surface area contributed by atoms with Crippen LogP contribution in [0, 0.1) is 0 Å². The number of carbonyl (C=O) groups excluding carboxylic acids is 1. The average molecular weight is 254 g/mol. The van der Waals surface area contributed by atoms with Gasteiger partial charge in [0.15, 0.2) is 0 Å². The Morgan fingerprint density at radius 3 is 2.89 bits per heavy atom. The van der Waals surface area contributed by atoms with Crippen molar-refractivity contribution in [3.63, 3.8) is 0 Å². The maximum atomic E-state index is 11.7. The Kier molecular flexibility index (Phi) is 5.29. The average Bonchev–Trinajstić information content (AvgIpc) is 2.75. The Hall–Kier alpha value is -1.92. The number of nitrogens with one attached hydrogen (secondary N) is 1. The first-order chi connectivity index (χ1) is 8.54. The number of carboxylic acid groups (broad SMARTS) is 1. The second-order valence-electron chi connectivity index (χ2n) is 4.08. The zero-order valence-corrected chi connectivity index (χ0v) is 10.6. The summed E-state index contributed by atoms with van der Waals surface area (Å²) in [5.41, 5.74) is 0.343. The molecule has 1 atom stereocenters. The lowest BCUT2D eigenvalue weighted by atomic mass is 10.3. The van der Waals surface area contributed by atoms with E-state index in [0.29, 0.717) is 12.2 Å². The number of amides is 1. The van der Waals surface area contributed by atoms with E-state index in [1.54, 1.807) is 6.92 Å². The van der Waals surface area contributed by atoms with E-state index in [1.165, 1.54) is 10.9 Å². The van der Waals surface area contributed by atoms with E-state index in [0.717, 1.165) is 12.8 Å². The molecule has 18 heavy (non-hydrogen) atoms. The molecule has 0 spiro atoms. The van der Waals surface area contributed by atoms with Crippen molar-refractivity contribution in [1.29, 1.82) is 0 Å². The molecule has 0 aliphatic carbocycles. The number of carbonyl (C=O) groups is 2.